The number of aromatic nitrogens is 7. The maximum atomic E-state index is 12.7. The van der Waals surface area contributed by atoms with E-state index in [1.807, 2.05) is 30.1 Å². The second-order valence-electron chi connectivity index (χ2n) is 7.96. The molecule has 0 atom stereocenters. The summed E-state index contributed by atoms with van der Waals surface area (Å²) in [6.07, 6.45) is 10.9. The van der Waals surface area contributed by atoms with Gasteiger partial charge in [0.2, 0.25) is 0 Å². The molecule has 5 heterocycles. The van der Waals surface area contributed by atoms with Gasteiger partial charge in [0, 0.05) is 36.6 Å². The maximum absolute atomic E-state index is 12.7. The lowest BCUT2D eigenvalue weighted by molar-refractivity contribution is 0.102. The molecular weight excluding hydrogens is 394 g/mol. The van der Waals surface area contributed by atoms with E-state index in [0.717, 1.165) is 48.0 Å². The molecule has 1 saturated heterocycles. The first kappa shape index (κ1) is 19.3. The molecule has 10 heteroatoms. The van der Waals surface area contributed by atoms with Crippen LogP contribution in [0.1, 0.15) is 29.4 Å². The summed E-state index contributed by atoms with van der Waals surface area (Å²) in [5, 5.41) is 17.1. The van der Waals surface area contributed by atoms with Crippen molar-refractivity contribution in [2.45, 2.75) is 18.9 Å². The van der Waals surface area contributed by atoms with E-state index in [-0.39, 0.29) is 17.6 Å². The summed E-state index contributed by atoms with van der Waals surface area (Å²) < 4.78 is 3.54. The monoisotopic (exact) mass is 417 g/mol. The molecule has 0 unspecified atom stereocenters. The van der Waals surface area contributed by atoms with Crippen LogP contribution in [0.15, 0.2) is 43.1 Å². The molecule has 158 valence electrons. The first-order valence-corrected chi connectivity index (χ1v) is 10.2. The molecule has 31 heavy (non-hydrogen) atoms. The average molecular weight is 417 g/mol. The van der Waals surface area contributed by atoms with Crippen LogP contribution < -0.4 is 5.32 Å². The smallest absolute Gasteiger partial charge is 0.278 e. The molecule has 0 aromatic carbocycles. The summed E-state index contributed by atoms with van der Waals surface area (Å²) in [6.45, 7) is 2.03. The van der Waals surface area contributed by atoms with Crippen molar-refractivity contribution < 1.29 is 4.79 Å². The topological polar surface area (TPSA) is 107 Å². The van der Waals surface area contributed by atoms with Crippen molar-refractivity contribution in [3.8, 4) is 11.3 Å². The number of anilines is 1. The highest BCUT2D eigenvalue weighted by Gasteiger charge is 2.21. The Balaban J connectivity index is 1.33. The standard InChI is InChI=1S/C21H23N9O/c1-28-5-3-17(4-6-28)30-13-19(26-27-30)21(31)25-20-8-14-7-18(16-11-24-29(2)12-16)22-9-15(14)10-23-20/h7-13,17H,3-6H2,1-2H3,(H,23,25,31). The second kappa shape index (κ2) is 7.88. The first-order valence-electron chi connectivity index (χ1n) is 10.2. The average Bonchev–Trinajstić information content (AvgIpc) is 3.43. The lowest BCUT2D eigenvalue weighted by Gasteiger charge is -2.28. The highest BCUT2D eigenvalue weighted by Crippen LogP contribution is 2.23. The summed E-state index contributed by atoms with van der Waals surface area (Å²) in [5.74, 6) is 0.127. The first-order chi connectivity index (χ1) is 15.0. The molecular formula is C21H23N9O. The molecule has 1 N–H and O–H groups in total. The normalized spacial score (nSPS) is 15.4. The zero-order chi connectivity index (χ0) is 21.4. The predicted molar refractivity (Wildman–Crippen MR) is 115 cm³/mol. The molecule has 1 amide bonds. The third kappa shape index (κ3) is 4.02. The second-order valence-corrected chi connectivity index (χ2v) is 7.96. The molecule has 1 aliphatic heterocycles. The summed E-state index contributed by atoms with van der Waals surface area (Å²) >= 11 is 0. The Morgan fingerprint density at radius 2 is 1.84 bits per heavy atom. The van der Waals surface area contributed by atoms with E-state index < -0.39 is 0 Å². The summed E-state index contributed by atoms with van der Waals surface area (Å²) in [4.78, 5) is 23.8. The quantitative estimate of drug-likeness (QED) is 0.542. The minimum atomic E-state index is -0.326. The fourth-order valence-corrected chi connectivity index (χ4v) is 3.82. The lowest BCUT2D eigenvalue weighted by atomic mass is 10.1. The Hall–Kier alpha value is -3.66. The number of nitrogens with zero attached hydrogens (tertiary/aromatic N) is 8. The van der Waals surface area contributed by atoms with Crippen LogP contribution in [0.5, 0.6) is 0 Å². The number of nitrogens with one attached hydrogen (secondary N) is 1. The predicted octanol–water partition coefficient (Wildman–Crippen LogP) is 2.14. The summed E-state index contributed by atoms with van der Waals surface area (Å²) in [5.41, 5.74) is 2.02. The Kier molecular flexibility index (Phi) is 4.91. The van der Waals surface area contributed by atoms with E-state index >= 15 is 0 Å². The summed E-state index contributed by atoms with van der Waals surface area (Å²) in [6, 6.07) is 4.07. The van der Waals surface area contributed by atoms with Crippen molar-refractivity contribution in [2.75, 3.05) is 25.5 Å². The van der Waals surface area contributed by atoms with Crippen LogP contribution in [0.25, 0.3) is 22.0 Å². The molecule has 5 rings (SSSR count). The van der Waals surface area contributed by atoms with Gasteiger partial charge in [-0.25, -0.2) is 9.67 Å². The van der Waals surface area contributed by atoms with Gasteiger partial charge in [-0.1, -0.05) is 5.21 Å². The van der Waals surface area contributed by atoms with Gasteiger partial charge in [-0.05, 0) is 50.5 Å². The highest BCUT2D eigenvalue weighted by atomic mass is 16.2. The van der Waals surface area contributed by atoms with Crippen LogP contribution in [0.3, 0.4) is 0 Å². The van der Waals surface area contributed by atoms with Crippen LogP contribution in [-0.2, 0) is 7.05 Å². The highest BCUT2D eigenvalue weighted by molar-refractivity contribution is 6.03. The summed E-state index contributed by atoms with van der Waals surface area (Å²) in [7, 11) is 3.98. The zero-order valence-electron chi connectivity index (χ0n) is 17.4. The van der Waals surface area contributed by atoms with E-state index in [0.29, 0.717) is 5.82 Å². The molecule has 0 aliphatic carbocycles. The Bertz CT molecular complexity index is 1240. The number of amides is 1. The van der Waals surface area contributed by atoms with Gasteiger partial charge >= 0.3 is 0 Å². The SMILES string of the molecule is CN1CCC(n2cc(C(=O)Nc3cc4cc(-c5cnn(C)c5)ncc4cn3)nn2)CC1. The van der Waals surface area contributed by atoms with Crippen molar-refractivity contribution in [1.29, 1.82) is 0 Å². The van der Waals surface area contributed by atoms with E-state index in [1.165, 1.54) is 0 Å². The largest absolute Gasteiger partial charge is 0.306 e. The zero-order valence-corrected chi connectivity index (χ0v) is 17.4. The molecule has 4 aromatic rings. The van der Waals surface area contributed by atoms with Crippen molar-refractivity contribution >= 4 is 22.5 Å². The number of hydrogen-bond acceptors (Lipinski definition) is 7. The van der Waals surface area contributed by atoms with Gasteiger partial charge < -0.3 is 10.2 Å². The molecule has 0 radical (unpaired) electrons. The molecule has 0 bridgehead atoms. The number of aryl methyl sites for hydroxylation is 1. The number of carbonyl (C=O) groups excluding carboxylic acids is 1. The number of rotatable bonds is 4. The van der Waals surface area contributed by atoms with E-state index in [4.69, 9.17) is 0 Å². The lowest BCUT2D eigenvalue weighted by Crippen LogP contribution is -2.31. The number of likely N-dealkylation sites (tertiary alicyclic amines) is 1. The Morgan fingerprint density at radius 1 is 1.03 bits per heavy atom. The van der Waals surface area contributed by atoms with Gasteiger partial charge in [0.25, 0.3) is 5.91 Å². The molecule has 1 aliphatic rings. The Morgan fingerprint density at radius 3 is 2.61 bits per heavy atom. The van der Waals surface area contributed by atoms with Gasteiger partial charge in [0.05, 0.1) is 24.1 Å². The van der Waals surface area contributed by atoms with Crippen LogP contribution in [0.4, 0.5) is 5.82 Å². The van der Waals surface area contributed by atoms with E-state index in [9.17, 15) is 4.79 Å². The Labute approximate surface area is 178 Å². The van der Waals surface area contributed by atoms with Crippen LogP contribution in [-0.4, -0.2) is 65.7 Å². The molecule has 10 nitrogen and oxygen atoms in total. The minimum absolute atomic E-state index is 0.280. The number of fused-ring (bicyclic) bond motifs is 1. The van der Waals surface area contributed by atoms with Gasteiger partial charge in [-0.3, -0.25) is 14.5 Å². The minimum Gasteiger partial charge on any atom is -0.306 e. The number of piperidine rings is 1. The van der Waals surface area contributed by atoms with Gasteiger partial charge in [0.15, 0.2) is 5.69 Å². The fraction of sp³-hybridized carbons (Fsp3) is 0.333. The molecule has 0 saturated carbocycles. The van der Waals surface area contributed by atoms with Gasteiger partial charge in [-0.2, -0.15) is 5.10 Å². The van der Waals surface area contributed by atoms with Crippen molar-refractivity contribution in [2.24, 2.45) is 7.05 Å². The molecule has 4 aromatic heterocycles. The van der Waals surface area contributed by atoms with Crippen LogP contribution >= 0.6 is 0 Å². The fourth-order valence-electron chi connectivity index (χ4n) is 3.82. The number of pyridine rings is 2. The van der Waals surface area contributed by atoms with E-state index in [2.05, 4.69) is 42.6 Å². The number of carbonyl (C=O) groups is 1. The van der Waals surface area contributed by atoms with Gasteiger partial charge in [-0.15, -0.1) is 5.10 Å². The van der Waals surface area contributed by atoms with Crippen molar-refractivity contribution in [1.82, 2.24) is 39.6 Å². The maximum Gasteiger partial charge on any atom is 0.278 e. The third-order valence-electron chi connectivity index (χ3n) is 5.65. The van der Waals surface area contributed by atoms with Gasteiger partial charge in [0.1, 0.15) is 5.82 Å². The van der Waals surface area contributed by atoms with Crippen LogP contribution in [0.2, 0.25) is 0 Å². The van der Waals surface area contributed by atoms with Crippen molar-refractivity contribution in [3.63, 3.8) is 0 Å². The molecule has 1 fully saturated rings. The third-order valence-corrected chi connectivity index (χ3v) is 5.65. The number of hydrogen-bond donors (Lipinski definition) is 1. The molecule has 0 spiro atoms. The van der Waals surface area contributed by atoms with Crippen molar-refractivity contribution in [3.05, 3.63) is 48.8 Å². The van der Waals surface area contributed by atoms with Crippen LogP contribution in [0, 0.1) is 0 Å². The van der Waals surface area contributed by atoms with E-state index in [1.54, 1.807) is 29.5 Å².